The molecular weight excluding hydrogens is 345 g/mol. The van der Waals surface area contributed by atoms with E-state index >= 15 is 0 Å². The van der Waals surface area contributed by atoms with Crippen molar-refractivity contribution in [3.05, 3.63) is 35.9 Å². The third-order valence-corrected chi connectivity index (χ3v) is 4.67. The molecule has 1 atom stereocenters. The van der Waals surface area contributed by atoms with Crippen LogP contribution in [0.15, 0.2) is 29.4 Å². The van der Waals surface area contributed by atoms with Crippen molar-refractivity contribution in [1.82, 2.24) is 20.5 Å². The number of aromatic nitrogens is 3. The van der Waals surface area contributed by atoms with Gasteiger partial charge in [-0.1, -0.05) is 17.8 Å². The highest BCUT2D eigenvalue weighted by atomic mass is 32.2. The smallest absolute Gasteiger partial charge is 0.227 e. The molecule has 0 bridgehead atoms. The zero-order chi connectivity index (χ0) is 17.8. The quantitative estimate of drug-likeness (QED) is 0.600. The van der Waals surface area contributed by atoms with Crippen molar-refractivity contribution in [2.75, 3.05) is 23.7 Å². The first-order valence-electron chi connectivity index (χ1n) is 7.88. The van der Waals surface area contributed by atoms with E-state index in [1.54, 1.807) is 12.1 Å². The second-order valence-electron chi connectivity index (χ2n) is 5.73. The fourth-order valence-corrected chi connectivity index (χ4v) is 3.32. The fraction of sp³-hybridized carbons (Fsp3) is 0.375. The van der Waals surface area contributed by atoms with Crippen molar-refractivity contribution in [3.63, 3.8) is 0 Å². The first-order chi connectivity index (χ1) is 12.0. The number of carbonyl (C=O) groups excluding carboxylic acids is 2. The van der Waals surface area contributed by atoms with Gasteiger partial charge in [0.05, 0.1) is 5.92 Å². The zero-order valence-electron chi connectivity index (χ0n) is 13.7. The van der Waals surface area contributed by atoms with Crippen molar-refractivity contribution in [1.29, 1.82) is 0 Å². The minimum absolute atomic E-state index is 0.135. The number of aryl methyl sites for hydroxylation is 1. The molecule has 2 amide bonds. The number of benzene rings is 1. The van der Waals surface area contributed by atoms with Crippen LogP contribution in [-0.2, 0) is 9.59 Å². The highest BCUT2D eigenvalue weighted by molar-refractivity contribution is 7.99. The van der Waals surface area contributed by atoms with Gasteiger partial charge in [0.15, 0.2) is 0 Å². The van der Waals surface area contributed by atoms with Crippen LogP contribution >= 0.6 is 11.8 Å². The van der Waals surface area contributed by atoms with E-state index in [0.717, 1.165) is 5.82 Å². The van der Waals surface area contributed by atoms with Crippen LogP contribution in [0.3, 0.4) is 0 Å². The van der Waals surface area contributed by atoms with E-state index in [0.29, 0.717) is 23.1 Å². The highest BCUT2D eigenvalue weighted by Crippen LogP contribution is 2.25. The number of rotatable bonds is 6. The maximum Gasteiger partial charge on any atom is 0.227 e. The van der Waals surface area contributed by atoms with E-state index < -0.39 is 11.7 Å². The van der Waals surface area contributed by atoms with Crippen molar-refractivity contribution < 1.29 is 14.0 Å². The van der Waals surface area contributed by atoms with Gasteiger partial charge in [-0.3, -0.25) is 14.7 Å². The Morgan fingerprint density at radius 1 is 1.52 bits per heavy atom. The number of carbonyl (C=O) groups is 2. The molecule has 1 aliphatic rings. The van der Waals surface area contributed by atoms with Gasteiger partial charge in [0.2, 0.25) is 17.0 Å². The number of halogens is 1. The van der Waals surface area contributed by atoms with Gasteiger partial charge in [-0.15, -0.1) is 5.10 Å². The summed E-state index contributed by atoms with van der Waals surface area (Å²) in [4.78, 5) is 30.0. The number of nitrogens with one attached hydrogen (secondary N) is 2. The second-order valence-corrected chi connectivity index (χ2v) is 6.79. The molecule has 9 heteroatoms. The Labute approximate surface area is 148 Å². The Hall–Kier alpha value is -2.42. The normalized spacial score (nSPS) is 17.1. The number of H-pyrrole nitrogens is 1. The lowest BCUT2D eigenvalue weighted by molar-refractivity contribution is -0.126. The summed E-state index contributed by atoms with van der Waals surface area (Å²) < 4.78 is 13.3. The molecular formula is C16H18FN5O2S. The molecule has 1 aromatic carbocycles. The van der Waals surface area contributed by atoms with Gasteiger partial charge in [-0.2, -0.15) is 0 Å². The summed E-state index contributed by atoms with van der Waals surface area (Å²) >= 11 is 1.44. The molecule has 1 saturated heterocycles. The molecule has 132 valence electrons. The lowest BCUT2D eigenvalue weighted by Crippen LogP contribution is -2.34. The molecule has 7 nitrogen and oxygen atoms in total. The Morgan fingerprint density at radius 2 is 2.36 bits per heavy atom. The molecule has 0 aliphatic carbocycles. The van der Waals surface area contributed by atoms with Crippen LogP contribution in [0.4, 0.5) is 10.1 Å². The van der Waals surface area contributed by atoms with E-state index in [9.17, 15) is 14.0 Å². The Balaban J connectivity index is 1.47. The number of hydrogen-bond acceptors (Lipinski definition) is 5. The summed E-state index contributed by atoms with van der Waals surface area (Å²) in [5.74, 6) is 0.213. The average Bonchev–Trinajstić information content (AvgIpc) is 3.17. The summed E-state index contributed by atoms with van der Waals surface area (Å²) in [6.45, 7) is 2.55. The minimum Gasteiger partial charge on any atom is -0.355 e. The van der Waals surface area contributed by atoms with Crippen molar-refractivity contribution in [2.45, 2.75) is 18.5 Å². The van der Waals surface area contributed by atoms with Crippen LogP contribution < -0.4 is 10.2 Å². The molecule has 2 aromatic rings. The predicted octanol–water partition coefficient (Wildman–Crippen LogP) is 1.51. The third kappa shape index (κ3) is 4.36. The van der Waals surface area contributed by atoms with Crippen LogP contribution in [-0.4, -0.2) is 45.8 Å². The Kier molecular flexibility index (Phi) is 5.32. The van der Waals surface area contributed by atoms with Crippen LogP contribution in [0.25, 0.3) is 0 Å². The first-order valence-corrected chi connectivity index (χ1v) is 8.87. The van der Waals surface area contributed by atoms with E-state index in [2.05, 4.69) is 20.5 Å². The SMILES string of the molecule is Cc1nc(SCCNC(=O)[C@H]2CC(=O)N(c3cccc(F)c3)C2)n[nH]1. The van der Waals surface area contributed by atoms with Gasteiger partial charge in [0.25, 0.3) is 0 Å². The third-order valence-electron chi connectivity index (χ3n) is 3.82. The van der Waals surface area contributed by atoms with Gasteiger partial charge in [0, 0.05) is 31.0 Å². The summed E-state index contributed by atoms with van der Waals surface area (Å²) in [5.41, 5.74) is 0.482. The first kappa shape index (κ1) is 17.4. The molecule has 2 N–H and O–H groups in total. The number of nitrogens with zero attached hydrogens (tertiary/aromatic N) is 3. The van der Waals surface area contributed by atoms with Gasteiger partial charge >= 0.3 is 0 Å². The Bertz CT molecular complexity index is 781. The molecule has 0 unspecified atom stereocenters. The zero-order valence-corrected chi connectivity index (χ0v) is 14.5. The molecule has 2 heterocycles. The fourth-order valence-electron chi connectivity index (χ4n) is 2.62. The van der Waals surface area contributed by atoms with Crippen molar-refractivity contribution in [3.8, 4) is 0 Å². The number of anilines is 1. The van der Waals surface area contributed by atoms with E-state index in [1.807, 2.05) is 6.92 Å². The predicted molar refractivity (Wildman–Crippen MR) is 91.7 cm³/mol. The van der Waals surface area contributed by atoms with Crippen LogP contribution in [0.5, 0.6) is 0 Å². The highest BCUT2D eigenvalue weighted by Gasteiger charge is 2.35. The van der Waals surface area contributed by atoms with Crippen molar-refractivity contribution in [2.24, 2.45) is 5.92 Å². The molecule has 1 aliphatic heterocycles. The molecule has 0 spiro atoms. The van der Waals surface area contributed by atoms with E-state index in [-0.39, 0.29) is 24.8 Å². The van der Waals surface area contributed by atoms with E-state index in [4.69, 9.17) is 0 Å². The molecule has 3 rings (SSSR count). The lowest BCUT2D eigenvalue weighted by atomic mass is 10.1. The summed E-state index contributed by atoms with van der Waals surface area (Å²) in [6.07, 6.45) is 0.135. The summed E-state index contributed by atoms with van der Waals surface area (Å²) in [7, 11) is 0. The molecule has 0 saturated carbocycles. The number of aromatic amines is 1. The summed E-state index contributed by atoms with van der Waals surface area (Å²) in [5, 5.41) is 10.2. The van der Waals surface area contributed by atoms with Gasteiger partial charge < -0.3 is 10.2 Å². The largest absolute Gasteiger partial charge is 0.355 e. The van der Waals surface area contributed by atoms with Gasteiger partial charge in [-0.25, -0.2) is 9.37 Å². The molecule has 1 aromatic heterocycles. The topological polar surface area (TPSA) is 91.0 Å². The standard InChI is InChI=1S/C16H18FN5O2S/c1-10-19-16(21-20-10)25-6-5-18-15(24)11-7-14(23)22(9-11)13-4-2-3-12(17)8-13/h2-4,8,11H,5-7,9H2,1H3,(H,18,24)(H,19,20,21)/t11-/m0/s1. The number of thioether (sulfide) groups is 1. The van der Waals surface area contributed by atoms with E-state index in [1.165, 1.54) is 28.8 Å². The van der Waals surface area contributed by atoms with Crippen LogP contribution in [0.1, 0.15) is 12.2 Å². The monoisotopic (exact) mass is 363 g/mol. The maximum atomic E-state index is 13.3. The molecule has 25 heavy (non-hydrogen) atoms. The van der Waals surface area contributed by atoms with Crippen LogP contribution in [0.2, 0.25) is 0 Å². The number of hydrogen-bond donors (Lipinski definition) is 2. The Morgan fingerprint density at radius 3 is 3.08 bits per heavy atom. The molecule has 0 radical (unpaired) electrons. The molecule has 1 fully saturated rings. The van der Waals surface area contributed by atoms with Gasteiger partial charge in [0.1, 0.15) is 11.6 Å². The van der Waals surface area contributed by atoms with Crippen LogP contribution in [0, 0.1) is 18.7 Å². The van der Waals surface area contributed by atoms with Crippen molar-refractivity contribution >= 4 is 29.3 Å². The van der Waals surface area contributed by atoms with Gasteiger partial charge in [-0.05, 0) is 25.1 Å². The second kappa shape index (κ2) is 7.64. The maximum absolute atomic E-state index is 13.3. The average molecular weight is 363 g/mol. The number of amides is 2. The summed E-state index contributed by atoms with van der Waals surface area (Å²) in [6, 6.07) is 5.83. The minimum atomic E-state index is -0.425. The lowest BCUT2D eigenvalue weighted by Gasteiger charge is -2.16.